The predicted molar refractivity (Wildman–Crippen MR) is 60.9 cm³/mol. The first-order chi connectivity index (χ1) is 8.02. The first-order valence-corrected chi connectivity index (χ1v) is 5.68. The summed E-state index contributed by atoms with van der Waals surface area (Å²) in [6.45, 7) is 3.54. The van der Waals surface area contributed by atoms with Gasteiger partial charge in [0.05, 0.1) is 12.2 Å². The van der Waals surface area contributed by atoms with Crippen LogP contribution < -0.4 is 11.2 Å². The molecule has 0 unspecified atom stereocenters. The number of aryl methyl sites for hydroxylation is 1. The van der Waals surface area contributed by atoms with Crippen LogP contribution in [0.4, 0.5) is 0 Å². The van der Waals surface area contributed by atoms with Gasteiger partial charge in [-0.25, -0.2) is 4.79 Å². The Kier molecular flexibility index (Phi) is 3.17. The molecule has 1 fully saturated rings. The van der Waals surface area contributed by atoms with Crippen LogP contribution in [0.15, 0.2) is 15.8 Å². The van der Waals surface area contributed by atoms with Gasteiger partial charge < -0.3 is 9.84 Å². The van der Waals surface area contributed by atoms with E-state index in [1.165, 1.54) is 10.8 Å². The molecule has 0 bridgehead atoms. The summed E-state index contributed by atoms with van der Waals surface area (Å²) >= 11 is 0. The zero-order chi connectivity index (χ0) is 12.6. The third-order valence-electron chi connectivity index (χ3n) is 3.06. The van der Waals surface area contributed by atoms with Crippen LogP contribution in [0.3, 0.4) is 0 Å². The normalized spacial score (nSPS) is 28.5. The second-order valence-corrected chi connectivity index (χ2v) is 4.32. The summed E-state index contributed by atoms with van der Waals surface area (Å²) in [5, 5.41) is 9.72. The Bertz CT molecular complexity index is 519. The Balaban J connectivity index is 2.34. The first kappa shape index (κ1) is 12.1. The van der Waals surface area contributed by atoms with E-state index < -0.39 is 23.6 Å². The number of nitrogens with one attached hydrogen (secondary N) is 1. The molecule has 6 heteroatoms. The number of rotatable bonds is 2. The van der Waals surface area contributed by atoms with Gasteiger partial charge in [-0.05, 0) is 13.3 Å². The van der Waals surface area contributed by atoms with Gasteiger partial charge in [-0.15, -0.1) is 0 Å². The SMILES string of the molecule is CC[C@@H]1O[C@H](n2cc(C)c(=O)[nH]c2=O)C[C@@H]1O. The van der Waals surface area contributed by atoms with Crippen molar-refractivity contribution in [2.75, 3.05) is 0 Å². The van der Waals surface area contributed by atoms with Crippen molar-refractivity contribution >= 4 is 0 Å². The molecule has 6 nitrogen and oxygen atoms in total. The van der Waals surface area contributed by atoms with Crippen LogP contribution in [-0.2, 0) is 4.74 Å². The molecule has 94 valence electrons. The quantitative estimate of drug-likeness (QED) is 0.756. The Morgan fingerprint density at radius 2 is 2.29 bits per heavy atom. The Labute approximate surface area is 97.9 Å². The smallest absolute Gasteiger partial charge is 0.330 e. The number of ether oxygens (including phenoxy) is 1. The molecule has 0 aromatic carbocycles. The lowest BCUT2D eigenvalue weighted by atomic mass is 10.1. The molecule has 1 aromatic rings. The van der Waals surface area contributed by atoms with Gasteiger partial charge in [-0.3, -0.25) is 14.3 Å². The van der Waals surface area contributed by atoms with E-state index >= 15 is 0 Å². The van der Waals surface area contributed by atoms with Crippen LogP contribution in [0.25, 0.3) is 0 Å². The van der Waals surface area contributed by atoms with Crippen molar-refractivity contribution in [1.29, 1.82) is 0 Å². The molecular weight excluding hydrogens is 224 g/mol. The third kappa shape index (κ3) is 2.18. The van der Waals surface area contributed by atoms with Gasteiger partial charge in [0.25, 0.3) is 5.56 Å². The average Bonchev–Trinajstić information content (AvgIpc) is 2.65. The summed E-state index contributed by atoms with van der Waals surface area (Å²) in [7, 11) is 0. The van der Waals surface area contributed by atoms with Gasteiger partial charge in [0.2, 0.25) is 0 Å². The van der Waals surface area contributed by atoms with Gasteiger partial charge >= 0.3 is 5.69 Å². The maximum Gasteiger partial charge on any atom is 0.330 e. The Morgan fingerprint density at radius 3 is 2.88 bits per heavy atom. The molecule has 1 aliphatic rings. The lowest BCUT2D eigenvalue weighted by molar-refractivity contribution is -0.0218. The maximum atomic E-state index is 11.6. The van der Waals surface area contributed by atoms with E-state index in [0.717, 1.165) is 0 Å². The lowest BCUT2D eigenvalue weighted by Crippen LogP contribution is -2.33. The number of hydrogen-bond acceptors (Lipinski definition) is 4. The Hall–Kier alpha value is -1.40. The molecule has 1 saturated heterocycles. The van der Waals surface area contributed by atoms with Crippen LogP contribution in [0, 0.1) is 6.92 Å². The van der Waals surface area contributed by atoms with Crippen molar-refractivity contribution in [2.45, 2.75) is 45.1 Å². The van der Waals surface area contributed by atoms with Crippen molar-refractivity contribution in [3.05, 3.63) is 32.6 Å². The molecule has 2 heterocycles. The summed E-state index contributed by atoms with van der Waals surface area (Å²) in [5.74, 6) is 0. The van der Waals surface area contributed by atoms with E-state index in [2.05, 4.69) is 4.98 Å². The summed E-state index contributed by atoms with van der Waals surface area (Å²) < 4.78 is 6.90. The molecule has 0 amide bonds. The first-order valence-electron chi connectivity index (χ1n) is 5.68. The molecule has 1 aliphatic heterocycles. The largest absolute Gasteiger partial charge is 0.390 e. The lowest BCUT2D eigenvalue weighted by Gasteiger charge is -2.14. The van der Waals surface area contributed by atoms with Gasteiger partial charge in [0.1, 0.15) is 6.23 Å². The van der Waals surface area contributed by atoms with Gasteiger partial charge in [0, 0.05) is 18.2 Å². The summed E-state index contributed by atoms with van der Waals surface area (Å²) in [6, 6.07) is 0. The highest BCUT2D eigenvalue weighted by Crippen LogP contribution is 2.28. The fourth-order valence-electron chi connectivity index (χ4n) is 2.05. The molecule has 0 aliphatic carbocycles. The molecule has 0 saturated carbocycles. The summed E-state index contributed by atoms with van der Waals surface area (Å²) in [5.41, 5.74) is -0.450. The second kappa shape index (κ2) is 4.46. The highest BCUT2D eigenvalue weighted by atomic mass is 16.5. The molecule has 3 atom stereocenters. The van der Waals surface area contributed by atoms with Gasteiger partial charge in [0.15, 0.2) is 0 Å². The maximum absolute atomic E-state index is 11.6. The predicted octanol–water partition coefficient (Wildman–Crippen LogP) is -0.0966. The molecule has 1 aromatic heterocycles. The minimum atomic E-state index is -0.566. The van der Waals surface area contributed by atoms with Gasteiger partial charge in [-0.2, -0.15) is 0 Å². The van der Waals surface area contributed by atoms with Crippen molar-refractivity contribution in [1.82, 2.24) is 9.55 Å². The van der Waals surface area contributed by atoms with E-state index in [1.807, 2.05) is 6.92 Å². The van der Waals surface area contributed by atoms with Crippen LogP contribution in [0.5, 0.6) is 0 Å². The van der Waals surface area contributed by atoms with Gasteiger partial charge in [-0.1, -0.05) is 6.92 Å². The fraction of sp³-hybridized carbons (Fsp3) is 0.636. The van der Waals surface area contributed by atoms with E-state index in [1.54, 1.807) is 6.92 Å². The number of nitrogens with zero attached hydrogens (tertiary/aromatic N) is 1. The number of hydrogen-bond donors (Lipinski definition) is 2. The van der Waals surface area contributed by atoms with Crippen LogP contribution >= 0.6 is 0 Å². The van der Waals surface area contributed by atoms with E-state index in [4.69, 9.17) is 4.74 Å². The highest BCUT2D eigenvalue weighted by Gasteiger charge is 2.34. The van der Waals surface area contributed by atoms with Crippen LogP contribution in [-0.4, -0.2) is 26.9 Å². The fourth-order valence-corrected chi connectivity index (χ4v) is 2.05. The molecule has 2 N–H and O–H groups in total. The molecular formula is C11H16N2O4. The minimum Gasteiger partial charge on any atom is -0.390 e. The number of H-pyrrole nitrogens is 1. The standard InChI is InChI=1S/C11H16N2O4/c1-3-8-7(14)4-9(17-8)13-5-6(2)10(15)12-11(13)16/h5,7-9,14H,3-4H2,1-2H3,(H,12,15,16)/t7-,8-,9-/m0/s1. The summed E-state index contributed by atoms with van der Waals surface area (Å²) in [6.07, 6.45) is 1.20. The van der Waals surface area contributed by atoms with Crippen molar-refractivity contribution < 1.29 is 9.84 Å². The van der Waals surface area contributed by atoms with Crippen LogP contribution in [0.2, 0.25) is 0 Å². The van der Waals surface area contributed by atoms with Crippen molar-refractivity contribution in [3.8, 4) is 0 Å². The molecule has 0 spiro atoms. The monoisotopic (exact) mass is 240 g/mol. The number of aromatic nitrogens is 2. The molecule has 0 radical (unpaired) electrons. The van der Waals surface area contributed by atoms with E-state index in [0.29, 0.717) is 18.4 Å². The summed E-state index contributed by atoms with van der Waals surface area (Å²) in [4.78, 5) is 25.1. The second-order valence-electron chi connectivity index (χ2n) is 4.32. The molecule has 17 heavy (non-hydrogen) atoms. The minimum absolute atomic E-state index is 0.251. The van der Waals surface area contributed by atoms with Crippen molar-refractivity contribution in [2.24, 2.45) is 0 Å². The number of aliphatic hydroxyl groups is 1. The highest BCUT2D eigenvalue weighted by molar-refractivity contribution is 5.01. The van der Waals surface area contributed by atoms with E-state index in [9.17, 15) is 14.7 Å². The Morgan fingerprint density at radius 1 is 1.59 bits per heavy atom. The number of aromatic amines is 1. The molecule has 2 rings (SSSR count). The van der Waals surface area contributed by atoms with E-state index in [-0.39, 0.29) is 6.10 Å². The van der Waals surface area contributed by atoms with Crippen LogP contribution in [0.1, 0.15) is 31.6 Å². The third-order valence-corrected chi connectivity index (χ3v) is 3.06. The number of aliphatic hydroxyl groups excluding tert-OH is 1. The average molecular weight is 240 g/mol. The zero-order valence-corrected chi connectivity index (χ0v) is 9.84. The van der Waals surface area contributed by atoms with Crippen molar-refractivity contribution in [3.63, 3.8) is 0 Å². The zero-order valence-electron chi connectivity index (χ0n) is 9.84. The topological polar surface area (TPSA) is 84.3 Å².